The summed E-state index contributed by atoms with van der Waals surface area (Å²) in [6.45, 7) is 4.00. The van der Waals surface area contributed by atoms with E-state index in [1.165, 1.54) is 6.21 Å². The molecule has 0 aliphatic carbocycles. The van der Waals surface area contributed by atoms with E-state index in [0.717, 1.165) is 0 Å². The van der Waals surface area contributed by atoms with Crippen LogP contribution in [0.1, 0.15) is 25.0 Å². The highest BCUT2D eigenvalue weighted by Crippen LogP contribution is 2.17. The Morgan fingerprint density at radius 3 is 1.91 bits per heavy atom. The maximum absolute atomic E-state index is 8.31. The predicted octanol–water partition coefficient (Wildman–Crippen LogP) is 5.89. The van der Waals surface area contributed by atoms with E-state index in [0.29, 0.717) is 21.2 Å². The second kappa shape index (κ2) is 12.8. The molecule has 0 fully saturated rings. The summed E-state index contributed by atoms with van der Waals surface area (Å²) in [5.74, 6) is 0. The van der Waals surface area contributed by atoms with Crippen LogP contribution in [0.4, 0.5) is 0 Å². The Morgan fingerprint density at radius 1 is 0.913 bits per heavy atom. The lowest BCUT2D eigenvalue weighted by molar-refractivity contribution is 0.321. The Labute approximate surface area is 150 Å². The summed E-state index contributed by atoms with van der Waals surface area (Å²) in [5, 5.41) is 23.2. The Balaban J connectivity index is 0.000000381. The first-order valence-electron chi connectivity index (χ1n) is 6.64. The molecule has 0 heterocycles. The van der Waals surface area contributed by atoms with E-state index >= 15 is 0 Å². The van der Waals surface area contributed by atoms with Gasteiger partial charge in [-0.25, -0.2) is 0 Å². The fourth-order valence-corrected chi connectivity index (χ4v) is 1.95. The summed E-state index contributed by atoms with van der Waals surface area (Å²) in [6, 6.07) is 14.0. The molecule has 2 aromatic carbocycles. The molecule has 0 bridgehead atoms. The van der Waals surface area contributed by atoms with Gasteiger partial charge in [0.05, 0.1) is 11.2 Å². The topological polar surface area (TPSA) is 65.2 Å². The minimum Gasteiger partial charge on any atom is -0.411 e. The van der Waals surface area contributed by atoms with Gasteiger partial charge in [-0.15, -0.1) is 0 Å². The molecule has 2 rings (SSSR count). The second-order valence-corrected chi connectivity index (χ2v) is 4.81. The highest BCUT2D eigenvalue weighted by Gasteiger charge is 2.03. The van der Waals surface area contributed by atoms with E-state index in [2.05, 4.69) is 10.3 Å². The molecule has 124 valence electrons. The number of rotatable bonds is 2. The number of hydrogen-bond acceptors (Lipinski definition) is 4. The van der Waals surface area contributed by atoms with Crippen molar-refractivity contribution in [1.29, 1.82) is 0 Å². The largest absolute Gasteiger partial charge is 0.411 e. The molecule has 0 unspecified atom stereocenters. The van der Waals surface area contributed by atoms with Crippen molar-refractivity contribution in [2.24, 2.45) is 10.3 Å². The Kier molecular flexibility index (Phi) is 11.8. The van der Waals surface area contributed by atoms with Gasteiger partial charge in [0.2, 0.25) is 0 Å². The highest BCUT2D eigenvalue weighted by molar-refractivity contribution is 6.70. The van der Waals surface area contributed by atoms with Crippen LogP contribution in [0, 0.1) is 0 Å². The van der Waals surface area contributed by atoms with Crippen molar-refractivity contribution >= 4 is 46.2 Å². The van der Waals surface area contributed by atoms with Gasteiger partial charge in [0.15, 0.2) is 5.17 Å². The minimum atomic E-state index is -0.00407. The van der Waals surface area contributed by atoms with Crippen molar-refractivity contribution in [1.82, 2.24) is 0 Å². The third-order valence-electron chi connectivity index (χ3n) is 2.29. The number of benzene rings is 2. The van der Waals surface area contributed by atoms with Gasteiger partial charge in [-0.2, -0.15) is 0 Å². The molecule has 0 aromatic heterocycles. The Bertz CT molecular complexity index is 647. The van der Waals surface area contributed by atoms with E-state index in [-0.39, 0.29) is 5.17 Å². The quantitative estimate of drug-likeness (QED) is 0.390. The first-order chi connectivity index (χ1) is 11.1. The van der Waals surface area contributed by atoms with Gasteiger partial charge in [0.25, 0.3) is 0 Å². The number of halogens is 3. The van der Waals surface area contributed by atoms with E-state index in [4.69, 9.17) is 45.2 Å². The van der Waals surface area contributed by atoms with Gasteiger partial charge in [-0.05, 0) is 12.1 Å². The maximum atomic E-state index is 8.31. The van der Waals surface area contributed by atoms with Gasteiger partial charge < -0.3 is 10.4 Å². The van der Waals surface area contributed by atoms with Crippen LogP contribution >= 0.6 is 34.8 Å². The van der Waals surface area contributed by atoms with Crippen molar-refractivity contribution in [2.45, 2.75) is 13.8 Å². The van der Waals surface area contributed by atoms with Crippen LogP contribution in [0.3, 0.4) is 0 Å². The van der Waals surface area contributed by atoms with Gasteiger partial charge in [0, 0.05) is 16.1 Å². The van der Waals surface area contributed by atoms with Gasteiger partial charge >= 0.3 is 0 Å². The molecule has 0 aliphatic rings. The fraction of sp³-hybridized carbons (Fsp3) is 0.125. The van der Waals surface area contributed by atoms with Gasteiger partial charge in [0.1, 0.15) is 0 Å². The second-order valence-electron chi connectivity index (χ2n) is 3.64. The third kappa shape index (κ3) is 7.88. The zero-order valence-electron chi connectivity index (χ0n) is 12.6. The highest BCUT2D eigenvalue weighted by atomic mass is 35.5. The Hall–Kier alpha value is -1.75. The van der Waals surface area contributed by atoms with Crippen molar-refractivity contribution in [3.63, 3.8) is 0 Å². The SMILES string of the molecule is CC.O/N=C(\Cl)c1ccccc1Cl.O/N=C/c1ccccc1Cl. The van der Waals surface area contributed by atoms with Crippen molar-refractivity contribution < 1.29 is 10.4 Å². The Morgan fingerprint density at radius 2 is 1.43 bits per heavy atom. The van der Waals surface area contributed by atoms with Gasteiger partial charge in [-0.1, -0.05) is 95.4 Å². The monoisotopic (exact) mass is 374 g/mol. The van der Waals surface area contributed by atoms with Crippen LogP contribution in [0.2, 0.25) is 10.0 Å². The third-order valence-corrected chi connectivity index (χ3v) is 3.24. The number of hydrogen-bond donors (Lipinski definition) is 2. The smallest absolute Gasteiger partial charge is 0.176 e. The maximum Gasteiger partial charge on any atom is 0.176 e. The molecule has 7 heteroatoms. The van der Waals surface area contributed by atoms with Crippen LogP contribution in [0.5, 0.6) is 0 Å². The number of oxime groups is 2. The molecule has 23 heavy (non-hydrogen) atoms. The molecule has 0 aliphatic heterocycles. The average molecular weight is 376 g/mol. The van der Waals surface area contributed by atoms with Crippen molar-refractivity contribution in [2.75, 3.05) is 0 Å². The van der Waals surface area contributed by atoms with E-state index < -0.39 is 0 Å². The van der Waals surface area contributed by atoms with Gasteiger partial charge in [-0.3, -0.25) is 0 Å². The summed E-state index contributed by atoms with van der Waals surface area (Å²) < 4.78 is 0. The van der Waals surface area contributed by atoms with Crippen LogP contribution in [0.25, 0.3) is 0 Å². The normalized spacial score (nSPS) is 10.4. The molecular weight excluding hydrogens is 359 g/mol. The van der Waals surface area contributed by atoms with E-state index in [1.807, 2.05) is 26.0 Å². The molecule has 0 amide bonds. The summed E-state index contributed by atoms with van der Waals surface area (Å²) in [7, 11) is 0. The van der Waals surface area contributed by atoms with Crippen LogP contribution in [-0.2, 0) is 0 Å². The molecule has 4 nitrogen and oxygen atoms in total. The zero-order chi connectivity index (χ0) is 17.7. The lowest BCUT2D eigenvalue weighted by Crippen LogP contribution is -1.90. The molecule has 0 saturated carbocycles. The molecule has 0 radical (unpaired) electrons. The standard InChI is InChI=1S/C7H5Cl2NO.C7H6ClNO.C2H6/c8-6-4-2-1-3-5(6)7(9)10-11;8-7-4-2-1-3-6(7)5-9-10;1-2/h1-4,11H;1-5,10H;1-2H3/b10-7-;9-5+;. The molecule has 2 aromatic rings. The predicted molar refractivity (Wildman–Crippen MR) is 97.8 cm³/mol. The van der Waals surface area contributed by atoms with Crippen molar-refractivity contribution in [3.05, 3.63) is 69.7 Å². The lowest BCUT2D eigenvalue weighted by atomic mass is 10.2. The molecular formula is C16H17Cl3N2O2. The molecule has 0 saturated heterocycles. The van der Waals surface area contributed by atoms with Crippen LogP contribution in [-0.4, -0.2) is 21.8 Å². The summed E-state index contributed by atoms with van der Waals surface area (Å²) in [5.41, 5.74) is 1.24. The average Bonchev–Trinajstić information content (AvgIpc) is 2.59. The molecule has 0 atom stereocenters. The first-order valence-corrected chi connectivity index (χ1v) is 7.78. The number of nitrogens with zero attached hydrogens (tertiary/aromatic N) is 2. The molecule has 2 N–H and O–H groups in total. The first kappa shape index (κ1) is 21.2. The fourth-order valence-electron chi connectivity index (χ4n) is 1.32. The summed E-state index contributed by atoms with van der Waals surface area (Å²) >= 11 is 16.9. The zero-order valence-corrected chi connectivity index (χ0v) is 14.9. The van der Waals surface area contributed by atoms with Crippen LogP contribution in [0.15, 0.2) is 58.8 Å². The minimum absolute atomic E-state index is 0.00407. The molecule has 0 spiro atoms. The lowest BCUT2D eigenvalue weighted by Gasteiger charge is -1.97. The summed E-state index contributed by atoms with van der Waals surface area (Å²) in [6.07, 6.45) is 1.29. The van der Waals surface area contributed by atoms with E-state index in [1.54, 1.807) is 36.4 Å². The van der Waals surface area contributed by atoms with Crippen LogP contribution < -0.4 is 0 Å². The van der Waals surface area contributed by atoms with E-state index in [9.17, 15) is 0 Å². The van der Waals surface area contributed by atoms with Crippen molar-refractivity contribution in [3.8, 4) is 0 Å². The summed E-state index contributed by atoms with van der Waals surface area (Å²) in [4.78, 5) is 0.